The fourth-order valence-corrected chi connectivity index (χ4v) is 3.07. The van der Waals surface area contributed by atoms with E-state index in [4.69, 9.17) is 4.42 Å². The first-order chi connectivity index (χ1) is 9.84. The molecule has 1 aromatic carbocycles. The van der Waals surface area contributed by atoms with E-state index in [2.05, 4.69) is 29.3 Å². The Bertz CT molecular complexity index is 543. The third-order valence-electron chi connectivity index (χ3n) is 4.33. The Hall–Kier alpha value is -1.32. The van der Waals surface area contributed by atoms with Gasteiger partial charge in [0.15, 0.2) is 0 Å². The summed E-state index contributed by atoms with van der Waals surface area (Å²) in [5.41, 5.74) is 2.24. The summed E-state index contributed by atoms with van der Waals surface area (Å²) in [4.78, 5) is 2.60. The molecule has 0 amide bonds. The lowest BCUT2D eigenvalue weighted by Crippen LogP contribution is -2.42. The van der Waals surface area contributed by atoms with E-state index < -0.39 is 0 Å². The maximum absolute atomic E-state index is 5.57. The molecule has 1 aliphatic rings. The Morgan fingerprint density at radius 1 is 1.20 bits per heavy atom. The second-order valence-corrected chi connectivity index (χ2v) is 5.83. The fourth-order valence-electron chi connectivity index (χ4n) is 3.07. The molecule has 3 rings (SSSR count). The van der Waals surface area contributed by atoms with E-state index in [-0.39, 0.29) is 0 Å². The van der Waals surface area contributed by atoms with Crippen molar-refractivity contribution in [2.24, 2.45) is 0 Å². The van der Waals surface area contributed by atoms with Crippen molar-refractivity contribution in [2.75, 3.05) is 19.6 Å². The van der Waals surface area contributed by atoms with Crippen LogP contribution in [0.25, 0.3) is 11.0 Å². The molecule has 1 N–H and O–H groups in total. The number of furan rings is 1. The molecule has 0 spiro atoms. The molecule has 3 nitrogen and oxygen atoms in total. The van der Waals surface area contributed by atoms with Crippen LogP contribution in [-0.4, -0.2) is 30.6 Å². The summed E-state index contributed by atoms with van der Waals surface area (Å²) in [7, 11) is 0. The first-order valence-corrected chi connectivity index (χ1v) is 7.74. The quantitative estimate of drug-likeness (QED) is 0.904. The molecule has 2 heterocycles. The van der Waals surface area contributed by atoms with Gasteiger partial charge in [0, 0.05) is 30.1 Å². The molecule has 3 heteroatoms. The minimum atomic E-state index is 0.619. The van der Waals surface area contributed by atoms with Crippen LogP contribution >= 0.6 is 0 Å². The average Bonchev–Trinajstić information content (AvgIpc) is 2.92. The standard InChI is InChI=1S/C17H24N2O/c1-14(19-9-5-2-6-10-19)11-18-12-15-13-20-17-8-4-3-7-16(15)17/h3-4,7-8,13-14,18H,2,5-6,9-12H2,1H3. The van der Waals surface area contributed by atoms with Crippen LogP contribution in [-0.2, 0) is 6.54 Å². The summed E-state index contributed by atoms with van der Waals surface area (Å²) < 4.78 is 5.57. The summed E-state index contributed by atoms with van der Waals surface area (Å²) in [6.07, 6.45) is 5.99. The Balaban J connectivity index is 1.52. The second kappa shape index (κ2) is 6.42. The molecular weight excluding hydrogens is 248 g/mol. The minimum absolute atomic E-state index is 0.619. The van der Waals surface area contributed by atoms with Crippen LogP contribution in [0.2, 0.25) is 0 Å². The second-order valence-electron chi connectivity index (χ2n) is 5.83. The van der Waals surface area contributed by atoms with Gasteiger partial charge in [0.25, 0.3) is 0 Å². The first-order valence-electron chi connectivity index (χ1n) is 7.74. The monoisotopic (exact) mass is 272 g/mol. The molecule has 108 valence electrons. The highest BCUT2D eigenvalue weighted by Crippen LogP contribution is 2.20. The zero-order chi connectivity index (χ0) is 13.8. The molecule has 1 fully saturated rings. The number of fused-ring (bicyclic) bond motifs is 1. The maximum atomic E-state index is 5.57. The van der Waals surface area contributed by atoms with Gasteiger partial charge in [-0.1, -0.05) is 24.6 Å². The predicted molar refractivity (Wildman–Crippen MR) is 82.8 cm³/mol. The van der Waals surface area contributed by atoms with E-state index in [1.54, 1.807) is 0 Å². The van der Waals surface area contributed by atoms with Crippen molar-refractivity contribution in [3.63, 3.8) is 0 Å². The van der Waals surface area contributed by atoms with E-state index in [0.29, 0.717) is 6.04 Å². The minimum Gasteiger partial charge on any atom is -0.464 e. The molecule has 0 radical (unpaired) electrons. The van der Waals surface area contributed by atoms with E-state index in [1.807, 2.05) is 18.4 Å². The van der Waals surface area contributed by atoms with Crippen LogP contribution in [0.3, 0.4) is 0 Å². The molecule has 0 saturated carbocycles. The van der Waals surface area contributed by atoms with Gasteiger partial charge in [-0.15, -0.1) is 0 Å². The summed E-state index contributed by atoms with van der Waals surface area (Å²) in [5.74, 6) is 0. The zero-order valence-corrected chi connectivity index (χ0v) is 12.3. The van der Waals surface area contributed by atoms with E-state index in [1.165, 1.54) is 43.3 Å². The molecule has 1 atom stereocenters. The summed E-state index contributed by atoms with van der Waals surface area (Å²) in [6.45, 7) is 6.77. The number of piperidine rings is 1. The van der Waals surface area contributed by atoms with Crippen molar-refractivity contribution < 1.29 is 4.42 Å². The van der Waals surface area contributed by atoms with Crippen LogP contribution in [0.4, 0.5) is 0 Å². The maximum Gasteiger partial charge on any atom is 0.134 e. The molecule has 1 aromatic heterocycles. The number of rotatable bonds is 5. The van der Waals surface area contributed by atoms with Gasteiger partial charge in [-0.2, -0.15) is 0 Å². The largest absolute Gasteiger partial charge is 0.464 e. The van der Waals surface area contributed by atoms with Crippen molar-refractivity contribution in [1.82, 2.24) is 10.2 Å². The van der Waals surface area contributed by atoms with Crippen molar-refractivity contribution in [1.29, 1.82) is 0 Å². The van der Waals surface area contributed by atoms with Crippen LogP contribution in [0, 0.1) is 0 Å². The van der Waals surface area contributed by atoms with E-state index in [0.717, 1.165) is 18.7 Å². The Morgan fingerprint density at radius 2 is 2.00 bits per heavy atom. The molecule has 2 aromatic rings. The summed E-state index contributed by atoms with van der Waals surface area (Å²) in [6, 6.07) is 8.85. The summed E-state index contributed by atoms with van der Waals surface area (Å²) in [5, 5.41) is 4.80. The average molecular weight is 272 g/mol. The Labute approximate surface area is 120 Å². The fraction of sp³-hybridized carbons (Fsp3) is 0.529. The number of likely N-dealkylation sites (tertiary alicyclic amines) is 1. The number of nitrogens with one attached hydrogen (secondary N) is 1. The number of nitrogens with zero attached hydrogens (tertiary/aromatic N) is 1. The molecule has 1 aliphatic heterocycles. The number of hydrogen-bond acceptors (Lipinski definition) is 3. The van der Waals surface area contributed by atoms with Gasteiger partial charge in [0.05, 0.1) is 6.26 Å². The van der Waals surface area contributed by atoms with Gasteiger partial charge < -0.3 is 9.73 Å². The van der Waals surface area contributed by atoms with Crippen LogP contribution in [0.5, 0.6) is 0 Å². The zero-order valence-electron chi connectivity index (χ0n) is 12.3. The highest BCUT2D eigenvalue weighted by atomic mass is 16.3. The molecule has 0 aliphatic carbocycles. The van der Waals surface area contributed by atoms with Gasteiger partial charge in [-0.05, 0) is 38.9 Å². The van der Waals surface area contributed by atoms with Gasteiger partial charge in [0.2, 0.25) is 0 Å². The highest BCUT2D eigenvalue weighted by Gasteiger charge is 2.16. The SMILES string of the molecule is CC(CNCc1coc2ccccc12)N1CCCCC1. The van der Waals surface area contributed by atoms with Gasteiger partial charge in [-0.3, -0.25) is 4.90 Å². The lowest BCUT2D eigenvalue weighted by Gasteiger charge is -2.32. The molecule has 0 bridgehead atoms. The molecule has 1 saturated heterocycles. The topological polar surface area (TPSA) is 28.4 Å². The molecule has 1 unspecified atom stereocenters. The normalized spacial score (nSPS) is 18.4. The lowest BCUT2D eigenvalue weighted by molar-refractivity contribution is 0.170. The lowest BCUT2D eigenvalue weighted by atomic mass is 10.1. The van der Waals surface area contributed by atoms with Crippen molar-refractivity contribution in [3.05, 3.63) is 36.1 Å². The first kappa shape index (κ1) is 13.7. The van der Waals surface area contributed by atoms with Crippen molar-refractivity contribution in [3.8, 4) is 0 Å². The molecular formula is C17H24N2O. The molecule has 20 heavy (non-hydrogen) atoms. The number of para-hydroxylation sites is 1. The summed E-state index contributed by atoms with van der Waals surface area (Å²) >= 11 is 0. The van der Waals surface area contributed by atoms with Crippen LogP contribution in [0.15, 0.2) is 34.9 Å². The number of hydrogen-bond donors (Lipinski definition) is 1. The van der Waals surface area contributed by atoms with Crippen LogP contribution in [0.1, 0.15) is 31.7 Å². The third-order valence-corrected chi connectivity index (χ3v) is 4.33. The van der Waals surface area contributed by atoms with E-state index in [9.17, 15) is 0 Å². The highest BCUT2D eigenvalue weighted by molar-refractivity contribution is 5.80. The van der Waals surface area contributed by atoms with Crippen molar-refractivity contribution >= 4 is 11.0 Å². The van der Waals surface area contributed by atoms with Crippen molar-refractivity contribution in [2.45, 2.75) is 38.8 Å². The third kappa shape index (κ3) is 3.05. The van der Waals surface area contributed by atoms with Crippen LogP contribution < -0.4 is 5.32 Å². The Morgan fingerprint density at radius 3 is 2.85 bits per heavy atom. The van der Waals surface area contributed by atoms with Gasteiger partial charge in [0.1, 0.15) is 5.58 Å². The number of benzene rings is 1. The smallest absolute Gasteiger partial charge is 0.134 e. The van der Waals surface area contributed by atoms with E-state index >= 15 is 0 Å². The Kier molecular flexibility index (Phi) is 4.38. The van der Waals surface area contributed by atoms with Gasteiger partial charge in [-0.25, -0.2) is 0 Å². The predicted octanol–water partition coefficient (Wildman–Crippen LogP) is 3.40. The van der Waals surface area contributed by atoms with Gasteiger partial charge >= 0.3 is 0 Å².